The van der Waals surface area contributed by atoms with Crippen LogP contribution in [0.1, 0.15) is 23.2 Å². The fourth-order valence-electron chi connectivity index (χ4n) is 1.48. The number of rotatable bonds is 4. The highest BCUT2D eigenvalue weighted by atomic mass is 35.5. The van der Waals surface area contributed by atoms with Crippen LogP contribution in [-0.4, -0.2) is 24.4 Å². The molecule has 1 aliphatic rings. The molecule has 0 radical (unpaired) electrons. The van der Waals surface area contributed by atoms with Gasteiger partial charge in [0, 0.05) is 6.04 Å². The molecular formula is C12H16ClN3O2. The van der Waals surface area contributed by atoms with Gasteiger partial charge >= 0.3 is 0 Å². The van der Waals surface area contributed by atoms with Gasteiger partial charge in [-0.25, -0.2) is 0 Å². The Morgan fingerprint density at radius 2 is 1.94 bits per heavy atom. The van der Waals surface area contributed by atoms with Gasteiger partial charge in [-0.2, -0.15) is 0 Å². The Morgan fingerprint density at radius 1 is 1.28 bits per heavy atom. The Labute approximate surface area is 112 Å². The highest BCUT2D eigenvalue weighted by Crippen LogP contribution is 2.21. The van der Waals surface area contributed by atoms with E-state index in [1.54, 1.807) is 24.3 Å². The molecule has 0 spiro atoms. The third-order valence-electron chi connectivity index (χ3n) is 2.54. The molecule has 0 unspecified atom stereocenters. The SMILES string of the molecule is Cl.NCC(=O)Nc1ccccc1C(=O)NC1CC1. The summed E-state index contributed by atoms with van der Waals surface area (Å²) in [5.41, 5.74) is 6.20. The van der Waals surface area contributed by atoms with E-state index >= 15 is 0 Å². The molecule has 1 aliphatic carbocycles. The Bertz CT molecular complexity index is 447. The van der Waals surface area contributed by atoms with Gasteiger partial charge < -0.3 is 16.4 Å². The van der Waals surface area contributed by atoms with E-state index in [1.807, 2.05) is 0 Å². The number of nitrogens with one attached hydrogen (secondary N) is 2. The zero-order chi connectivity index (χ0) is 12.3. The van der Waals surface area contributed by atoms with Gasteiger partial charge in [-0.05, 0) is 25.0 Å². The number of amides is 2. The van der Waals surface area contributed by atoms with Crippen LogP contribution in [0.4, 0.5) is 5.69 Å². The van der Waals surface area contributed by atoms with E-state index in [4.69, 9.17) is 5.73 Å². The van der Waals surface area contributed by atoms with Crippen LogP contribution in [0, 0.1) is 0 Å². The van der Waals surface area contributed by atoms with E-state index in [1.165, 1.54) is 0 Å². The zero-order valence-corrected chi connectivity index (χ0v) is 10.6. The quantitative estimate of drug-likeness (QED) is 0.759. The van der Waals surface area contributed by atoms with Gasteiger partial charge in [-0.1, -0.05) is 12.1 Å². The van der Waals surface area contributed by atoms with E-state index in [9.17, 15) is 9.59 Å². The van der Waals surface area contributed by atoms with Crippen molar-refractivity contribution < 1.29 is 9.59 Å². The van der Waals surface area contributed by atoms with E-state index in [-0.39, 0.29) is 30.8 Å². The molecule has 98 valence electrons. The standard InChI is InChI=1S/C12H15N3O2.ClH/c13-7-11(16)15-10-4-2-1-3-9(10)12(17)14-8-5-6-8;/h1-4,8H,5-7,13H2,(H,14,17)(H,15,16);1H. The van der Waals surface area contributed by atoms with Crippen molar-refractivity contribution in [1.29, 1.82) is 0 Å². The van der Waals surface area contributed by atoms with Crippen LogP contribution in [-0.2, 0) is 4.79 Å². The summed E-state index contributed by atoms with van der Waals surface area (Å²) in [4.78, 5) is 23.1. The predicted molar refractivity (Wildman–Crippen MR) is 71.9 cm³/mol. The monoisotopic (exact) mass is 269 g/mol. The summed E-state index contributed by atoms with van der Waals surface area (Å²) in [5.74, 6) is -0.461. The Kier molecular flexibility index (Phi) is 5.12. The fourth-order valence-corrected chi connectivity index (χ4v) is 1.48. The summed E-state index contributed by atoms with van der Waals surface area (Å²) < 4.78 is 0. The third-order valence-corrected chi connectivity index (χ3v) is 2.54. The first-order chi connectivity index (χ1) is 8.20. The summed E-state index contributed by atoms with van der Waals surface area (Å²) >= 11 is 0. The molecular weight excluding hydrogens is 254 g/mol. The molecule has 5 nitrogen and oxygen atoms in total. The normalized spacial score (nSPS) is 13.4. The molecule has 0 atom stereocenters. The predicted octanol–water partition coefficient (Wildman–Crippen LogP) is 0.898. The molecule has 1 aromatic carbocycles. The molecule has 4 N–H and O–H groups in total. The van der Waals surface area contributed by atoms with Crippen molar-refractivity contribution in [2.45, 2.75) is 18.9 Å². The number of hydrogen-bond acceptors (Lipinski definition) is 3. The van der Waals surface area contributed by atoms with Crippen LogP contribution in [0.15, 0.2) is 24.3 Å². The van der Waals surface area contributed by atoms with Crippen molar-refractivity contribution in [2.24, 2.45) is 5.73 Å². The summed E-state index contributed by atoms with van der Waals surface area (Å²) in [6, 6.07) is 7.19. The minimum absolute atomic E-state index is 0. The number of carbonyl (C=O) groups excluding carboxylic acids is 2. The van der Waals surface area contributed by atoms with Crippen molar-refractivity contribution in [3.8, 4) is 0 Å². The minimum Gasteiger partial charge on any atom is -0.349 e. The fraction of sp³-hybridized carbons (Fsp3) is 0.333. The second-order valence-corrected chi connectivity index (χ2v) is 4.05. The lowest BCUT2D eigenvalue weighted by Gasteiger charge is -2.10. The minimum atomic E-state index is -0.309. The van der Waals surface area contributed by atoms with E-state index in [0.717, 1.165) is 12.8 Å². The maximum Gasteiger partial charge on any atom is 0.253 e. The van der Waals surface area contributed by atoms with Gasteiger partial charge in [0.05, 0.1) is 17.8 Å². The lowest BCUT2D eigenvalue weighted by molar-refractivity contribution is -0.114. The van der Waals surface area contributed by atoms with Gasteiger partial charge in [-0.15, -0.1) is 12.4 Å². The molecule has 6 heteroatoms. The van der Waals surface area contributed by atoms with Crippen molar-refractivity contribution in [3.05, 3.63) is 29.8 Å². The number of hydrogen-bond donors (Lipinski definition) is 3. The molecule has 18 heavy (non-hydrogen) atoms. The van der Waals surface area contributed by atoms with Crippen molar-refractivity contribution in [2.75, 3.05) is 11.9 Å². The van der Waals surface area contributed by atoms with E-state index < -0.39 is 0 Å². The maximum atomic E-state index is 11.9. The van der Waals surface area contributed by atoms with Crippen LogP contribution in [0.2, 0.25) is 0 Å². The zero-order valence-electron chi connectivity index (χ0n) is 9.81. The van der Waals surface area contributed by atoms with Gasteiger partial charge in [0.2, 0.25) is 5.91 Å². The average Bonchev–Trinajstić information content (AvgIpc) is 3.13. The summed E-state index contributed by atoms with van der Waals surface area (Å²) in [6.07, 6.45) is 2.06. The number of anilines is 1. The van der Waals surface area contributed by atoms with Gasteiger partial charge in [0.25, 0.3) is 5.91 Å². The van der Waals surface area contributed by atoms with Crippen LogP contribution in [0.25, 0.3) is 0 Å². The number of para-hydroxylation sites is 1. The Hall–Kier alpha value is -1.59. The molecule has 2 rings (SSSR count). The molecule has 2 amide bonds. The maximum absolute atomic E-state index is 11.9. The number of halogens is 1. The second kappa shape index (κ2) is 6.37. The van der Waals surface area contributed by atoms with Crippen LogP contribution >= 0.6 is 12.4 Å². The van der Waals surface area contributed by atoms with Crippen molar-refractivity contribution in [3.63, 3.8) is 0 Å². The summed E-state index contributed by atoms with van der Waals surface area (Å²) in [5, 5.41) is 5.49. The molecule has 1 saturated carbocycles. The molecule has 1 fully saturated rings. The smallest absolute Gasteiger partial charge is 0.253 e. The third kappa shape index (κ3) is 3.72. The molecule has 0 saturated heterocycles. The van der Waals surface area contributed by atoms with E-state index in [0.29, 0.717) is 17.3 Å². The first kappa shape index (κ1) is 14.5. The van der Waals surface area contributed by atoms with Crippen LogP contribution < -0.4 is 16.4 Å². The average molecular weight is 270 g/mol. The lowest BCUT2D eigenvalue weighted by atomic mass is 10.1. The number of nitrogens with two attached hydrogens (primary N) is 1. The first-order valence-corrected chi connectivity index (χ1v) is 5.60. The topological polar surface area (TPSA) is 84.2 Å². The highest BCUT2D eigenvalue weighted by molar-refractivity contribution is 6.04. The molecule has 1 aromatic rings. The summed E-state index contributed by atoms with van der Waals surface area (Å²) in [7, 11) is 0. The van der Waals surface area contributed by atoms with Gasteiger partial charge in [0.1, 0.15) is 0 Å². The summed E-state index contributed by atoms with van der Waals surface area (Å²) in [6.45, 7) is -0.0986. The first-order valence-electron chi connectivity index (χ1n) is 5.60. The number of carbonyl (C=O) groups is 2. The van der Waals surface area contributed by atoms with Gasteiger partial charge in [-0.3, -0.25) is 9.59 Å². The Morgan fingerprint density at radius 3 is 2.56 bits per heavy atom. The highest BCUT2D eigenvalue weighted by Gasteiger charge is 2.24. The second-order valence-electron chi connectivity index (χ2n) is 4.05. The molecule has 0 aromatic heterocycles. The molecule has 0 aliphatic heterocycles. The van der Waals surface area contributed by atoms with Crippen LogP contribution in [0.3, 0.4) is 0 Å². The van der Waals surface area contributed by atoms with Crippen LogP contribution in [0.5, 0.6) is 0 Å². The van der Waals surface area contributed by atoms with Crippen molar-refractivity contribution in [1.82, 2.24) is 5.32 Å². The largest absolute Gasteiger partial charge is 0.349 e. The molecule has 0 bridgehead atoms. The van der Waals surface area contributed by atoms with Gasteiger partial charge in [0.15, 0.2) is 0 Å². The van der Waals surface area contributed by atoms with E-state index in [2.05, 4.69) is 10.6 Å². The Balaban J connectivity index is 0.00000162. The lowest BCUT2D eigenvalue weighted by Crippen LogP contribution is -2.28. The number of benzene rings is 1. The molecule has 0 heterocycles. The van der Waals surface area contributed by atoms with Crippen molar-refractivity contribution >= 4 is 29.9 Å².